The Morgan fingerprint density at radius 2 is 2.00 bits per heavy atom. The van der Waals surface area contributed by atoms with Crippen molar-refractivity contribution in [3.8, 4) is 0 Å². The fraction of sp³-hybridized carbons (Fsp3) is 0.333. The average Bonchev–Trinajstić information content (AvgIpc) is 2.33. The van der Waals surface area contributed by atoms with E-state index in [-0.39, 0.29) is 0 Å². The number of benzene rings is 1. The molecule has 52 valence electrons. The minimum absolute atomic E-state index is 1.05. The number of hydrogen-bond acceptors (Lipinski definition) is 1. The third-order valence-electron chi connectivity index (χ3n) is 1.99. The van der Waals surface area contributed by atoms with E-state index in [1.807, 2.05) is 0 Å². The predicted molar refractivity (Wildman–Crippen MR) is 41.7 cm³/mol. The highest BCUT2D eigenvalue weighted by molar-refractivity contribution is 5.33. The highest BCUT2D eigenvalue weighted by Crippen LogP contribution is 2.15. The van der Waals surface area contributed by atoms with Gasteiger partial charge in [0.2, 0.25) is 0 Å². The van der Waals surface area contributed by atoms with Crippen molar-refractivity contribution in [1.29, 1.82) is 0 Å². The summed E-state index contributed by atoms with van der Waals surface area (Å²) >= 11 is 0. The maximum atomic E-state index is 3.31. The molecular weight excluding hydrogens is 122 g/mol. The van der Waals surface area contributed by atoms with Crippen LogP contribution in [0.5, 0.6) is 0 Å². The van der Waals surface area contributed by atoms with E-state index in [2.05, 4.69) is 30.4 Å². The molecule has 0 radical (unpaired) electrons. The van der Waals surface area contributed by atoms with Gasteiger partial charge in [-0.3, -0.25) is 0 Å². The van der Waals surface area contributed by atoms with Crippen molar-refractivity contribution in [3.63, 3.8) is 0 Å². The van der Waals surface area contributed by atoms with Crippen molar-refractivity contribution in [2.45, 2.75) is 20.0 Å². The normalized spacial score (nSPS) is 15.3. The van der Waals surface area contributed by atoms with E-state index in [1.54, 1.807) is 0 Å². The van der Waals surface area contributed by atoms with Crippen LogP contribution in [-0.2, 0) is 13.1 Å². The van der Waals surface area contributed by atoms with E-state index in [4.69, 9.17) is 0 Å². The van der Waals surface area contributed by atoms with Crippen LogP contribution in [0, 0.1) is 6.92 Å². The van der Waals surface area contributed by atoms with Gasteiger partial charge in [0.1, 0.15) is 0 Å². The van der Waals surface area contributed by atoms with Crippen LogP contribution in [0.2, 0.25) is 0 Å². The maximum Gasteiger partial charge on any atom is 0.0212 e. The lowest BCUT2D eigenvalue weighted by molar-refractivity contribution is 0.765. The molecule has 1 heteroatoms. The highest BCUT2D eigenvalue weighted by Gasteiger charge is 2.07. The molecular formula is C9H11N. The summed E-state index contributed by atoms with van der Waals surface area (Å²) in [6.45, 7) is 4.24. The lowest BCUT2D eigenvalue weighted by Crippen LogP contribution is -1.99. The second-order valence-corrected chi connectivity index (χ2v) is 2.88. The van der Waals surface area contributed by atoms with Gasteiger partial charge < -0.3 is 5.32 Å². The quantitative estimate of drug-likeness (QED) is 0.566. The molecule has 0 atom stereocenters. The predicted octanol–water partition coefficient (Wildman–Crippen LogP) is 1.60. The first-order valence-corrected chi connectivity index (χ1v) is 3.65. The van der Waals surface area contributed by atoms with Gasteiger partial charge in [0.15, 0.2) is 0 Å². The third-order valence-corrected chi connectivity index (χ3v) is 1.99. The Kier molecular flexibility index (Phi) is 1.24. The van der Waals surface area contributed by atoms with Crippen molar-refractivity contribution in [2.75, 3.05) is 0 Å². The first-order valence-electron chi connectivity index (χ1n) is 3.65. The Morgan fingerprint density at radius 1 is 1.20 bits per heavy atom. The van der Waals surface area contributed by atoms with Gasteiger partial charge in [0, 0.05) is 13.1 Å². The van der Waals surface area contributed by atoms with Crippen LogP contribution >= 0.6 is 0 Å². The van der Waals surface area contributed by atoms with Crippen LogP contribution in [0.15, 0.2) is 18.2 Å². The zero-order valence-electron chi connectivity index (χ0n) is 6.15. The molecule has 1 heterocycles. The minimum Gasteiger partial charge on any atom is -0.309 e. The van der Waals surface area contributed by atoms with Gasteiger partial charge >= 0.3 is 0 Å². The molecule has 1 N–H and O–H groups in total. The molecule has 0 unspecified atom stereocenters. The molecule has 1 aromatic carbocycles. The molecule has 0 fully saturated rings. The molecule has 2 rings (SSSR count). The summed E-state index contributed by atoms with van der Waals surface area (Å²) in [5.41, 5.74) is 4.30. The summed E-state index contributed by atoms with van der Waals surface area (Å²) in [6, 6.07) is 6.64. The molecule has 0 saturated heterocycles. The van der Waals surface area contributed by atoms with Gasteiger partial charge in [0.25, 0.3) is 0 Å². The van der Waals surface area contributed by atoms with E-state index in [9.17, 15) is 0 Å². The summed E-state index contributed by atoms with van der Waals surface area (Å²) in [5, 5.41) is 3.31. The first kappa shape index (κ1) is 5.93. The van der Waals surface area contributed by atoms with Gasteiger partial charge in [0.05, 0.1) is 0 Å². The number of nitrogens with one attached hydrogen (secondary N) is 1. The zero-order chi connectivity index (χ0) is 6.97. The van der Waals surface area contributed by atoms with Crippen molar-refractivity contribution < 1.29 is 0 Å². The molecule has 0 aliphatic carbocycles. The van der Waals surface area contributed by atoms with Crippen LogP contribution < -0.4 is 5.32 Å². The SMILES string of the molecule is Cc1ccc2c(c1)CNC2. The van der Waals surface area contributed by atoms with Crippen molar-refractivity contribution in [3.05, 3.63) is 34.9 Å². The second kappa shape index (κ2) is 2.10. The van der Waals surface area contributed by atoms with Gasteiger partial charge in [-0.1, -0.05) is 23.8 Å². The topological polar surface area (TPSA) is 12.0 Å². The fourth-order valence-corrected chi connectivity index (χ4v) is 1.42. The Hall–Kier alpha value is -0.820. The van der Waals surface area contributed by atoms with E-state index in [0.29, 0.717) is 0 Å². The molecule has 0 amide bonds. The largest absolute Gasteiger partial charge is 0.309 e. The zero-order valence-corrected chi connectivity index (χ0v) is 6.15. The third kappa shape index (κ3) is 0.830. The lowest BCUT2D eigenvalue weighted by Gasteiger charge is -1.97. The van der Waals surface area contributed by atoms with Gasteiger partial charge in [-0.2, -0.15) is 0 Å². The highest BCUT2D eigenvalue weighted by atomic mass is 14.9. The molecule has 0 aromatic heterocycles. The molecule has 0 saturated carbocycles. The smallest absolute Gasteiger partial charge is 0.0212 e. The van der Waals surface area contributed by atoms with Crippen LogP contribution in [0.3, 0.4) is 0 Å². The van der Waals surface area contributed by atoms with Crippen LogP contribution in [0.25, 0.3) is 0 Å². The van der Waals surface area contributed by atoms with Crippen molar-refractivity contribution in [1.82, 2.24) is 5.32 Å². The standard InChI is InChI=1S/C9H11N/c1-7-2-3-8-5-10-6-9(8)4-7/h2-4,10H,5-6H2,1H3. The second-order valence-electron chi connectivity index (χ2n) is 2.88. The molecule has 1 aliphatic rings. The van der Waals surface area contributed by atoms with Crippen LogP contribution in [0.4, 0.5) is 0 Å². The first-order chi connectivity index (χ1) is 4.86. The van der Waals surface area contributed by atoms with E-state index < -0.39 is 0 Å². The Balaban J connectivity index is 2.52. The Morgan fingerprint density at radius 3 is 2.90 bits per heavy atom. The van der Waals surface area contributed by atoms with E-state index in [0.717, 1.165) is 13.1 Å². The molecule has 0 bridgehead atoms. The fourth-order valence-electron chi connectivity index (χ4n) is 1.42. The molecule has 1 aliphatic heterocycles. The summed E-state index contributed by atoms with van der Waals surface area (Å²) < 4.78 is 0. The molecule has 1 aromatic rings. The minimum atomic E-state index is 1.05. The summed E-state index contributed by atoms with van der Waals surface area (Å²) in [5.74, 6) is 0. The summed E-state index contributed by atoms with van der Waals surface area (Å²) in [7, 11) is 0. The Bertz CT molecular complexity index is 253. The number of fused-ring (bicyclic) bond motifs is 1. The Labute approximate surface area is 61.1 Å². The monoisotopic (exact) mass is 133 g/mol. The summed E-state index contributed by atoms with van der Waals surface area (Å²) in [6.07, 6.45) is 0. The van der Waals surface area contributed by atoms with Crippen molar-refractivity contribution in [2.24, 2.45) is 0 Å². The van der Waals surface area contributed by atoms with Gasteiger partial charge in [-0.15, -0.1) is 0 Å². The van der Waals surface area contributed by atoms with Gasteiger partial charge in [-0.25, -0.2) is 0 Å². The molecule has 10 heavy (non-hydrogen) atoms. The van der Waals surface area contributed by atoms with E-state index >= 15 is 0 Å². The van der Waals surface area contributed by atoms with Crippen LogP contribution in [0.1, 0.15) is 16.7 Å². The van der Waals surface area contributed by atoms with Gasteiger partial charge in [-0.05, 0) is 18.1 Å². The van der Waals surface area contributed by atoms with Crippen LogP contribution in [-0.4, -0.2) is 0 Å². The number of hydrogen-bond donors (Lipinski definition) is 1. The average molecular weight is 133 g/mol. The van der Waals surface area contributed by atoms with Crippen molar-refractivity contribution >= 4 is 0 Å². The molecule has 0 spiro atoms. The van der Waals surface area contributed by atoms with E-state index in [1.165, 1.54) is 16.7 Å². The lowest BCUT2D eigenvalue weighted by atomic mass is 10.1. The molecule has 1 nitrogen and oxygen atoms in total. The maximum absolute atomic E-state index is 3.31. The number of rotatable bonds is 0. The summed E-state index contributed by atoms with van der Waals surface area (Å²) in [4.78, 5) is 0. The number of aryl methyl sites for hydroxylation is 1.